The van der Waals surface area contributed by atoms with Crippen LogP contribution in [0.2, 0.25) is 0 Å². The monoisotopic (exact) mass is 785 g/mol. The summed E-state index contributed by atoms with van der Waals surface area (Å²) in [6.07, 6.45) is 4.25. The molecule has 2 aliphatic heterocycles. The van der Waals surface area contributed by atoms with Crippen LogP contribution in [-0.2, 0) is 51.8 Å². The van der Waals surface area contributed by atoms with Gasteiger partial charge in [0.25, 0.3) is 5.91 Å². The molecule has 3 N–H and O–H groups in total. The van der Waals surface area contributed by atoms with Crippen LogP contribution in [-0.4, -0.2) is 95.0 Å². The molecule has 3 saturated carbocycles. The number of hydrogen-bond acceptors (Lipinski definition) is 10. The average molecular weight is 786 g/mol. The maximum absolute atomic E-state index is 14.4. The van der Waals surface area contributed by atoms with Crippen molar-refractivity contribution in [3.63, 3.8) is 0 Å². The summed E-state index contributed by atoms with van der Waals surface area (Å²) < 4.78 is 53.1. The number of carbonyl (C=O) groups excluding carboxylic acids is 6. The number of allylic oxidation sites excluding steroid dienone is 2. The average Bonchev–Trinajstić information content (AvgIpc) is 4.04. The summed E-state index contributed by atoms with van der Waals surface area (Å²) in [5, 5.41) is 4.51. The first-order valence-electron chi connectivity index (χ1n) is 18.6. The minimum absolute atomic E-state index is 0.0461. The molecule has 0 radical (unpaired) electrons. The molecule has 0 bridgehead atoms. The minimum atomic E-state index is -3.97. The molecule has 5 amide bonds. The second kappa shape index (κ2) is 15.4. The number of carbonyl (C=O) groups is 6. The number of fused-ring (bicyclic) bond motifs is 1. The van der Waals surface area contributed by atoms with Crippen LogP contribution in [0.15, 0.2) is 43.0 Å². The molecule has 2 unspecified atom stereocenters. The molecule has 0 aromatic heterocycles. The van der Waals surface area contributed by atoms with E-state index in [4.69, 9.17) is 9.47 Å². The number of benzene rings is 1. The lowest BCUT2D eigenvalue weighted by Gasteiger charge is -2.30. The highest BCUT2D eigenvalue weighted by atomic mass is 32.2. The molecule has 2 heterocycles. The summed E-state index contributed by atoms with van der Waals surface area (Å²) >= 11 is 0. The topological polar surface area (TPSA) is 198 Å². The standard InChI is InChI=1S/C38H48FN5O10S/c1-5-24-18-38(24,34(48)42-55(51,52)27-14-15-27)41-32(46)31-17-26(53-36(50)43-19-23-7-6-8-29(39)28(23)21-43)20-44(31)33(47)30(40-35(49)54-37(2,3)4)16-13-25(45)12-11-22-9-10-22/h5-8,11-12,22,24,26-27,30-31H,1,9-10,13-21H2,2-4H3,(H,40,49)(H,41,46)(H,42,48)/b12-11+/t24?,26-,30+,31?,38-/m1/s1. The van der Waals surface area contributed by atoms with Crippen molar-refractivity contribution in [3.05, 3.63) is 60.0 Å². The Morgan fingerprint density at radius 2 is 1.82 bits per heavy atom. The summed E-state index contributed by atoms with van der Waals surface area (Å²) in [5.74, 6) is -3.54. The number of nitrogens with one attached hydrogen (secondary N) is 3. The van der Waals surface area contributed by atoms with Gasteiger partial charge >= 0.3 is 12.2 Å². The smallest absolute Gasteiger partial charge is 0.410 e. The maximum atomic E-state index is 14.4. The molecule has 6 rings (SSSR count). The van der Waals surface area contributed by atoms with Gasteiger partial charge in [0.1, 0.15) is 35.1 Å². The van der Waals surface area contributed by atoms with Crippen molar-refractivity contribution in [1.82, 2.24) is 25.2 Å². The zero-order valence-corrected chi connectivity index (χ0v) is 32.0. The number of halogens is 1. The van der Waals surface area contributed by atoms with Crippen LogP contribution >= 0.6 is 0 Å². The fraction of sp³-hybridized carbons (Fsp3) is 0.579. The molecule has 4 fully saturated rings. The summed E-state index contributed by atoms with van der Waals surface area (Å²) in [5.41, 5.74) is -1.62. The van der Waals surface area contributed by atoms with Crippen LogP contribution in [0.25, 0.3) is 0 Å². The zero-order chi connectivity index (χ0) is 39.9. The third-order valence-corrected chi connectivity index (χ3v) is 12.2. The molecule has 0 spiro atoms. The van der Waals surface area contributed by atoms with E-state index in [-0.39, 0.29) is 51.1 Å². The van der Waals surface area contributed by atoms with Crippen LogP contribution in [0.5, 0.6) is 0 Å². The second-order valence-corrected chi connectivity index (χ2v) is 18.0. The summed E-state index contributed by atoms with van der Waals surface area (Å²) in [4.78, 5) is 83.5. The van der Waals surface area contributed by atoms with Crippen LogP contribution in [0, 0.1) is 17.7 Å². The minimum Gasteiger partial charge on any atom is -0.444 e. The van der Waals surface area contributed by atoms with Gasteiger partial charge in [-0.15, -0.1) is 6.58 Å². The number of rotatable bonds is 14. The molecule has 15 nitrogen and oxygen atoms in total. The van der Waals surface area contributed by atoms with Gasteiger partial charge in [0.05, 0.1) is 18.3 Å². The third-order valence-electron chi connectivity index (χ3n) is 10.4. The highest BCUT2D eigenvalue weighted by Gasteiger charge is 2.62. The SMILES string of the molecule is C=CC1C[C@]1(NC(=O)C1C[C@@H](OC(=O)N2Cc3cccc(F)c3C2)CN1C(=O)[C@H](CCC(=O)/C=C/C1CC1)NC(=O)OC(C)(C)C)C(=O)NS(=O)(=O)C1CC1. The van der Waals surface area contributed by atoms with Gasteiger partial charge in [-0.1, -0.05) is 24.3 Å². The number of nitrogens with zero attached hydrogens (tertiary/aromatic N) is 2. The number of alkyl carbamates (subject to hydrolysis) is 1. The zero-order valence-electron chi connectivity index (χ0n) is 31.2. The molecule has 5 atom stereocenters. The number of amides is 5. The van der Waals surface area contributed by atoms with Gasteiger partial charge in [0, 0.05) is 30.9 Å². The van der Waals surface area contributed by atoms with E-state index in [9.17, 15) is 41.6 Å². The van der Waals surface area contributed by atoms with E-state index in [1.54, 1.807) is 26.8 Å². The Balaban J connectivity index is 1.23. The number of hydrogen-bond donors (Lipinski definition) is 3. The molecule has 5 aliphatic rings. The second-order valence-electron chi connectivity index (χ2n) is 16.1. The van der Waals surface area contributed by atoms with Gasteiger partial charge in [-0.3, -0.25) is 28.8 Å². The molecule has 298 valence electrons. The molecule has 1 aromatic rings. The summed E-state index contributed by atoms with van der Waals surface area (Å²) in [6, 6.07) is 1.82. The number of likely N-dealkylation sites (tertiary alicyclic amines) is 1. The number of ketones is 1. The first kappa shape index (κ1) is 39.9. The Kier molecular flexibility index (Phi) is 11.2. The van der Waals surface area contributed by atoms with Crippen molar-refractivity contribution in [2.24, 2.45) is 11.8 Å². The van der Waals surface area contributed by atoms with Crippen LogP contribution in [0.3, 0.4) is 0 Å². The Morgan fingerprint density at radius 3 is 2.44 bits per heavy atom. The predicted molar refractivity (Wildman–Crippen MR) is 195 cm³/mol. The Morgan fingerprint density at radius 1 is 1.09 bits per heavy atom. The molecule has 17 heteroatoms. The van der Waals surface area contributed by atoms with E-state index >= 15 is 0 Å². The van der Waals surface area contributed by atoms with E-state index in [1.165, 1.54) is 29.2 Å². The largest absolute Gasteiger partial charge is 0.444 e. The predicted octanol–water partition coefficient (Wildman–Crippen LogP) is 3.13. The van der Waals surface area contributed by atoms with Gasteiger partial charge in [0.2, 0.25) is 21.8 Å². The summed E-state index contributed by atoms with van der Waals surface area (Å²) in [7, 11) is -3.97. The highest BCUT2D eigenvalue weighted by Crippen LogP contribution is 2.45. The van der Waals surface area contributed by atoms with Gasteiger partial charge in [0.15, 0.2) is 5.78 Å². The Hall–Kier alpha value is -4.80. The van der Waals surface area contributed by atoms with E-state index < -0.39 is 86.2 Å². The molecular formula is C38H48FN5O10S. The lowest BCUT2D eigenvalue weighted by atomic mass is 10.1. The van der Waals surface area contributed by atoms with Crippen molar-refractivity contribution in [2.45, 2.75) is 120 Å². The van der Waals surface area contributed by atoms with Gasteiger partial charge in [-0.05, 0) is 82.9 Å². The molecule has 3 aliphatic carbocycles. The van der Waals surface area contributed by atoms with Crippen LogP contribution in [0.1, 0.15) is 83.3 Å². The lowest BCUT2D eigenvalue weighted by Crippen LogP contribution is -2.58. The van der Waals surface area contributed by atoms with E-state index in [0.29, 0.717) is 29.9 Å². The fourth-order valence-electron chi connectivity index (χ4n) is 6.93. The van der Waals surface area contributed by atoms with Gasteiger partial charge in [-0.2, -0.15) is 0 Å². The molecular weight excluding hydrogens is 738 g/mol. The van der Waals surface area contributed by atoms with Crippen LogP contribution in [0.4, 0.5) is 14.0 Å². The normalized spacial score (nSPS) is 25.1. The van der Waals surface area contributed by atoms with Crippen LogP contribution < -0.4 is 15.4 Å². The van der Waals surface area contributed by atoms with Crippen molar-refractivity contribution in [2.75, 3.05) is 6.54 Å². The highest BCUT2D eigenvalue weighted by molar-refractivity contribution is 7.91. The van der Waals surface area contributed by atoms with E-state index in [1.807, 2.05) is 6.08 Å². The van der Waals surface area contributed by atoms with Crippen molar-refractivity contribution in [1.29, 1.82) is 0 Å². The van der Waals surface area contributed by atoms with Crippen molar-refractivity contribution >= 4 is 45.7 Å². The Bertz CT molecular complexity index is 1910. The lowest BCUT2D eigenvalue weighted by molar-refractivity contribution is -0.141. The first-order chi connectivity index (χ1) is 25.9. The van der Waals surface area contributed by atoms with Crippen molar-refractivity contribution < 1.29 is 51.0 Å². The quantitative estimate of drug-likeness (QED) is 0.186. The molecule has 1 aromatic carbocycles. The first-order valence-corrected chi connectivity index (χ1v) is 20.2. The molecule has 1 saturated heterocycles. The van der Waals surface area contributed by atoms with E-state index in [0.717, 1.165) is 17.7 Å². The molecule has 55 heavy (non-hydrogen) atoms. The van der Waals surface area contributed by atoms with Gasteiger partial charge in [-0.25, -0.2) is 22.4 Å². The maximum Gasteiger partial charge on any atom is 0.410 e. The van der Waals surface area contributed by atoms with E-state index in [2.05, 4.69) is 21.9 Å². The van der Waals surface area contributed by atoms with Crippen molar-refractivity contribution in [3.8, 4) is 0 Å². The number of ether oxygens (including phenoxy) is 2. The summed E-state index contributed by atoms with van der Waals surface area (Å²) in [6.45, 7) is 8.36. The third kappa shape index (κ3) is 9.54. The number of sulfonamides is 1. The Labute approximate surface area is 319 Å². The van der Waals surface area contributed by atoms with Gasteiger partial charge < -0.3 is 25.0 Å². The fourth-order valence-corrected chi connectivity index (χ4v) is 8.29.